The zero-order valence-corrected chi connectivity index (χ0v) is 17.9. The van der Waals surface area contributed by atoms with Gasteiger partial charge in [0.1, 0.15) is 10.8 Å². The molecule has 0 aliphatic carbocycles. The van der Waals surface area contributed by atoms with Gasteiger partial charge in [0.25, 0.3) is 5.91 Å². The molecular weight excluding hydrogens is 412 g/mol. The van der Waals surface area contributed by atoms with E-state index in [1.54, 1.807) is 31.7 Å². The van der Waals surface area contributed by atoms with Crippen molar-refractivity contribution >= 4 is 33.0 Å². The molecule has 1 amide bonds. The SMILES string of the molecule is CN(Cc1nccs1)C(=O)c1cc(NCc2ncc[nH]2)cc(S(=O)(=O)N(C)C)c1. The Morgan fingerprint density at radius 3 is 2.59 bits per heavy atom. The third kappa shape index (κ3) is 5.00. The minimum Gasteiger partial charge on any atom is -0.378 e. The van der Waals surface area contributed by atoms with E-state index in [4.69, 9.17) is 0 Å². The number of benzene rings is 1. The molecule has 3 rings (SSSR count). The molecule has 0 saturated carbocycles. The Balaban J connectivity index is 1.91. The fourth-order valence-corrected chi connectivity index (χ4v) is 4.23. The van der Waals surface area contributed by atoms with Gasteiger partial charge < -0.3 is 15.2 Å². The summed E-state index contributed by atoms with van der Waals surface area (Å²) < 4.78 is 26.4. The lowest BCUT2D eigenvalue weighted by atomic mass is 10.1. The summed E-state index contributed by atoms with van der Waals surface area (Å²) in [6.45, 7) is 0.706. The predicted molar refractivity (Wildman–Crippen MR) is 111 cm³/mol. The van der Waals surface area contributed by atoms with E-state index in [-0.39, 0.29) is 16.4 Å². The lowest BCUT2D eigenvalue weighted by molar-refractivity contribution is 0.0785. The molecule has 1 aromatic carbocycles. The van der Waals surface area contributed by atoms with Crippen molar-refractivity contribution in [2.45, 2.75) is 18.0 Å². The molecule has 2 N–H and O–H groups in total. The van der Waals surface area contributed by atoms with E-state index in [0.29, 0.717) is 24.6 Å². The number of amides is 1. The number of carbonyl (C=O) groups is 1. The third-order valence-electron chi connectivity index (χ3n) is 4.15. The number of H-pyrrole nitrogens is 1. The molecule has 11 heteroatoms. The lowest BCUT2D eigenvalue weighted by Gasteiger charge is -2.18. The number of hydrogen-bond donors (Lipinski definition) is 2. The van der Waals surface area contributed by atoms with Crippen molar-refractivity contribution in [2.24, 2.45) is 0 Å². The first-order valence-corrected chi connectivity index (χ1v) is 11.0. The maximum atomic E-state index is 13.0. The maximum absolute atomic E-state index is 13.0. The van der Waals surface area contributed by atoms with E-state index in [1.165, 1.54) is 42.5 Å². The van der Waals surface area contributed by atoms with E-state index < -0.39 is 10.0 Å². The number of imidazole rings is 1. The second-order valence-corrected chi connectivity index (χ2v) is 9.64. The second-order valence-electron chi connectivity index (χ2n) is 6.51. The summed E-state index contributed by atoms with van der Waals surface area (Å²) in [5.41, 5.74) is 0.782. The van der Waals surface area contributed by atoms with Crippen molar-refractivity contribution in [3.05, 3.63) is 58.6 Å². The van der Waals surface area contributed by atoms with Crippen molar-refractivity contribution in [3.8, 4) is 0 Å². The summed E-state index contributed by atoms with van der Waals surface area (Å²) in [7, 11) is 0.851. The number of carbonyl (C=O) groups excluding carboxylic acids is 1. The van der Waals surface area contributed by atoms with E-state index in [9.17, 15) is 13.2 Å². The largest absolute Gasteiger partial charge is 0.378 e. The van der Waals surface area contributed by atoms with Crippen LogP contribution in [-0.2, 0) is 23.1 Å². The normalized spacial score (nSPS) is 11.6. The van der Waals surface area contributed by atoms with Gasteiger partial charge in [-0.3, -0.25) is 4.79 Å². The monoisotopic (exact) mass is 434 g/mol. The van der Waals surface area contributed by atoms with Crippen molar-refractivity contribution in [1.29, 1.82) is 0 Å². The van der Waals surface area contributed by atoms with Gasteiger partial charge in [0.15, 0.2) is 0 Å². The first-order valence-electron chi connectivity index (χ1n) is 8.71. The maximum Gasteiger partial charge on any atom is 0.254 e. The van der Waals surface area contributed by atoms with Crippen LogP contribution in [0.15, 0.2) is 47.1 Å². The topological polar surface area (TPSA) is 111 Å². The average Bonchev–Trinajstić information content (AvgIpc) is 3.39. The van der Waals surface area contributed by atoms with Gasteiger partial charge in [-0.2, -0.15) is 0 Å². The van der Waals surface area contributed by atoms with Crippen LogP contribution in [0.1, 0.15) is 21.2 Å². The van der Waals surface area contributed by atoms with Crippen molar-refractivity contribution in [3.63, 3.8) is 0 Å². The van der Waals surface area contributed by atoms with Crippen LogP contribution in [0.4, 0.5) is 5.69 Å². The van der Waals surface area contributed by atoms with Crippen LogP contribution >= 0.6 is 11.3 Å². The Bertz CT molecular complexity index is 1060. The van der Waals surface area contributed by atoms with Gasteiger partial charge in [0.05, 0.1) is 18.0 Å². The molecule has 0 unspecified atom stereocenters. The molecule has 154 valence electrons. The van der Waals surface area contributed by atoms with Crippen molar-refractivity contribution in [2.75, 3.05) is 26.5 Å². The molecular formula is C18H22N6O3S2. The summed E-state index contributed by atoms with van der Waals surface area (Å²) in [6.07, 6.45) is 5.01. The Kier molecular flexibility index (Phi) is 6.30. The van der Waals surface area contributed by atoms with Gasteiger partial charge in [-0.1, -0.05) is 0 Å². The standard InChI is InChI=1S/C18H22N6O3S2/c1-23(2)29(26,27)15-9-13(18(25)24(3)12-17-21-6-7-28-17)8-14(10-15)22-11-16-19-4-5-20-16/h4-10,22H,11-12H2,1-3H3,(H,19,20). The summed E-state index contributed by atoms with van der Waals surface area (Å²) >= 11 is 1.45. The number of anilines is 1. The molecule has 2 heterocycles. The molecule has 0 bridgehead atoms. The van der Waals surface area contributed by atoms with Crippen LogP contribution in [0, 0.1) is 0 Å². The zero-order chi connectivity index (χ0) is 21.0. The third-order valence-corrected chi connectivity index (χ3v) is 6.71. The molecule has 0 radical (unpaired) electrons. The van der Waals surface area contributed by atoms with Crippen LogP contribution in [0.5, 0.6) is 0 Å². The average molecular weight is 435 g/mol. The Morgan fingerprint density at radius 2 is 1.97 bits per heavy atom. The van der Waals surface area contributed by atoms with E-state index in [0.717, 1.165) is 9.31 Å². The second kappa shape index (κ2) is 8.72. The Hall–Kier alpha value is -2.76. The molecule has 0 saturated heterocycles. The number of rotatable bonds is 8. The van der Waals surface area contributed by atoms with Crippen LogP contribution < -0.4 is 5.32 Å². The highest BCUT2D eigenvalue weighted by Gasteiger charge is 2.22. The highest BCUT2D eigenvalue weighted by Crippen LogP contribution is 2.23. The summed E-state index contributed by atoms with van der Waals surface area (Å²) in [6, 6.07) is 4.54. The molecule has 2 aromatic heterocycles. The number of hydrogen-bond acceptors (Lipinski definition) is 7. The molecule has 3 aromatic rings. The number of nitrogens with one attached hydrogen (secondary N) is 2. The minimum atomic E-state index is -3.71. The first-order chi connectivity index (χ1) is 13.8. The van der Waals surface area contributed by atoms with Crippen LogP contribution in [-0.4, -0.2) is 59.6 Å². The molecule has 0 aliphatic rings. The zero-order valence-electron chi connectivity index (χ0n) is 16.3. The molecule has 9 nitrogen and oxygen atoms in total. The molecule has 0 atom stereocenters. The quantitative estimate of drug-likeness (QED) is 0.561. The molecule has 0 fully saturated rings. The van der Waals surface area contributed by atoms with Crippen LogP contribution in [0.25, 0.3) is 0 Å². The molecule has 29 heavy (non-hydrogen) atoms. The number of aromatic amines is 1. The number of nitrogens with zero attached hydrogens (tertiary/aromatic N) is 4. The fraction of sp³-hybridized carbons (Fsp3) is 0.278. The number of sulfonamides is 1. The minimum absolute atomic E-state index is 0.0398. The van der Waals surface area contributed by atoms with Crippen molar-refractivity contribution < 1.29 is 13.2 Å². The summed E-state index contributed by atoms with van der Waals surface area (Å²) in [4.78, 5) is 25.8. The van der Waals surface area contributed by atoms with Crippen LogP contribution in [0.3, 0.4) is 0 Å². The number of aromatic nitrogens is 3. The summed E-state index contributed by atoms with van der Waals surface area (Å²) in [5.74, 6) is 0.400. The van der Waals surface area contributed by atoms with E-state index in [1.807, 2.05) is 5.38 Å². The van der Waals surface area contributed by atoms with Gasteiger partial charge in [0.2, 0.25) is 10.0 Å². The van der Waals surface area contributed by atoms with Gasteiger partial charge in [-0.25, -0.2) is 22.7 Å². The Labute approximate surface area is 173 Å². The van der Waals surface area contributed by atoms with Gasteiger partial charge in [-0.15, -0.1) is 11.3 Å². The van der Waals surface area contributed by atoms with Gasteiger partial charge in [0, 0.05) is 56.4 Å². The summed E-state index contributed by atoms with van der Waals surface area (Å²) in [5, 5.41) is 5.76. The smallest absolute Gasteiger partial charge is 0.254 e. The highest BCUT2D eigenvalue weighted by atomic mass is 32.2. The fourth-order valence-electron chi connectivity index (χ4n) is 2.59. The first kappa shape index (κ1) is 21.0. The van der Waals surface area contributed by atoms with Crippen molar-refractivity contribution in [1.82, 2.24) is 24.2 Å². The molecule has 0 aliphatic heterocycles. The lowest BCUT2D eigenvalue weighted by Crippen LogP contribution is -2.27. The highest BCUT2D eigenvalue weighted by molar-refractivity contribution is 7.89. The van der Waals surface area contributed by atoms with Crippen LogP contribution in [0.2, 0.25) is 0 Å². The Morgan fingerprint density at radius 1 is 1.17 bits per heavy atom. The van der Waals surface area contributed by atoms with Gasteiger partial charge in [-0.05, 0) is 18.2 Å². The predicted octanol–water partition coefficient (Wildman–Crippen LogP) is 2.00. The van der Waals surface area contributed by atoms with Gasteiger partial charge >= 0.3 is 0 Å². The number of thiazole rings is 1. The molecule has 0 spiro atoms. The van der Waals surface area contributed by atoms with E-state index in [2.05, 4.69) is 20.3 Å². The van der Waals surface area contributed by atoms with E-state index >= 15 is 0 Å².